The summed E-state index contributed by atoms with van der Waals surface area (Å²) in [6.45, 7) is 0.268. The number of benzene rings is 1. The molecule has 0 unspecified atom stereocenters. The zero-order valence-electron chi connectivity index (χ0n) is 10.6. The lowest BCUT2D eigenvalue weighted by molar-refractivity contribution is 0.601. The van der Waals surface area contributed by atoms with E-state index in [1.807, 2.05) is 0 Å². The second kappa shape index (κ2) is 5.77. The second-order valence-corrected chi connectivity index (χ2v) is 7.22. The van der Waals surface area contributed by atoms with Gasteiger partial charge in [-0.25, -0.2) is 8.42 Å². The molecule has 0 saturated carbocycles. The maximum absolute atomic E-state index is 12.3. The normalized spacial score (nSPS) is 11.6. The van der Waals surface area contributed by atoms with E-state index in [2.05, 4.69) is 20.7 Å². The maximum Gasteiger partial charge on any atom is 0.263 e. The highest BCUT2D eigenvalue weighted by atomic mass is 79.9. The molecule has 2 aromatic rings. The Morgan fingerprint density at radius 2 is 2.10 bits per heavy atom. The number of sulfonamides is 1. The number of hydrogen-bond acceptors (Lipinski definition) is 3. The summed E-state index contributed by atoms with van der Waals surface area (Å²) in [6, 6.07) is 6.48. The molecule has 0 aliphatic heterocycles. The highest BCUT2D eigenvalue weighted by Gasteiger charge is 2.18. The molecule has 1 aromatic heterocycles. The first-order chi connectivity index (χ1) is 9.33. The molecule has 0 bridgehead atoms. The summed E-state index contributed by atoms with van der Waals surface area (Å²) < 4.78 is 29.5. The van der Waals surface area contributed by atoms with E-state index in [9.17, 15) is 8.42 Å². The molecular formula is C12H13BrClN3O2S. The van der Waals surface area contributed by atoms with E-state index in [0.717, 1.165) is 10.2 Å². The van der Waals surface area contributed by atoms with Gasteiger partial charge in [0.15, 0.2) is 0 Å². The molecule has 8 heteroatoms. The Morgan fingerprint density at radius 3 is 2.70 bits per heavy atom. The molecular weight excluding hydrogens is 366 g/mol. The molecule has 108 valence electrons. The number of rotatable bonds is 4. The van der Waals surface area contributed by atoms with E-state index < -0.39 is 10.0 Å². The van der Waals surface area contributed by atoms with Gasteiger partial charge in [-0.05, 0) is 24.3 Å². The van der Waals surface area contributed by atoms with Crippen LogP contribution in [0.3, 0.4) is 0 Å². The summed E-state index contributed by atoms with van der Waals surface area (Å²) in [7, 11) is -1.95. The Kier molecular flexibility index (Phi) is 4.43. The molecule has 5 nitrogen and oxygen atoms in total. The molecule has 0 radical (unpaired) electrons. The fourth-order valence-electron chi connectivity index (χ4n) is 1.71. The minimum atomic E-state index is -3.70. The topological polar surface area (TPSA) is 77.1 Å². The quantitative estimate of drug-likeness (QED) is 0.858. The highest BCUT2D eigenvalue weighted by Crippen LogP contribution is 2.28. The van der Waals surface area contributed by atoms with Crippen LogP contribution < -0.4 is 10.5 Å². The number of hydrogen-bond donors (Lipinski definition) is 2. The third kappa shape index (κ3) is 3.17. The number of nitrogens with zero attached hydrogens (tertiary/aromatic N) is 1. The van der Waals surface area contributed by atoms with Crippen LogP contribution in [0.4, 0.5) is 5.69 Å². The Balaban J connectivity index is 2.37. The van der Waals surface area contributed by atoms with Crippen molar-refractivity contribution in [2.24, 2.45) is 12.8 Å². The highest BCUT2D eigenvalue weighted by molar-refractivity contribution is 9.10. The average molecular weight is 379 g/mol. The molecule has 20 heavy (non-hydrogen) atoms. The lowest BCUT2D eigenvalue weighted by Gasteiger charge is -2.08. The lowest BCUT2D eigenvalue weighted by Crippen LogP contribution is -2.12. The molecule has 0 atom stereocenters. The molecule has 3 N–H and O–H groups in total. The smallest absolute Gasteiger partial charge is 0.263 e. The van der Waals surface area contributed by atoms with Gasteiger partial charge in [-0.2, -0.15) is 0 Å². The Hall–Kier alpha value is -1.02. The van der Waals surface area contributed by atoms with Crippen LogP contribution in [0.25, 0.3) is 0 Å². The summed E-state index contributed by atoms with van der Waals surface area (Å²) in [5.41, 5.74) is 6.59. The van der Waals surface area contributed by atoms with E-state index in [1.54, 1.807) is 29.8 Å². The van der Waals surface area contributed by atoms with E-state index >= 15 is 0 Å². The van der Waals surface area contributed by atoms with Gasteiger partial charge >= 0.3 is 0 Å². The van der Waals surface area contributed by atoms with Crippen molar-refractivity contribution in [3.05, 3.63) is 45.7 Å². The summed E-state index contributed by atoms with van der Waals surface area (Å²) >= 11 is 9.25. The van der Waals surface area contributed by atoms with Crippen molar-refractivity contribution in [1.82, 2.24) is 4.57 Å². The average Bonchev–Trinajstić information content (AvgIpc) is 2.76. The van der Waals surface area contributed by atoms with Crippen molar-refractivity contribution in [1.29, 1.82) is 0 Å². The van der Waals surface area contributed by atoms with Crippen molar-refractivity contribution in [3.63, 3.8) is 0 Å². The van der Waals surface area contributed by atoms with Gasteiger partial charge < -0.3 is 10.3 Å². The summed E-state index contributed by atoms with van der Waals surface area (Å²) in [6.07, 6.45) is 1.51. The molecule has 1 heterocycles. The van der Waals surface area contributed by atoms with Crippen molar-refractivity contribution < 1.29 is 8.42 Å². The van der Waals surface area contributed by atoms with Crippen LogP contribution in [0, 0.1) is 0 Å². The molecule has 0 spiro atoms. The molecule has 0 aliphatic carbocycles. The van der Waals surface area contributed by atoms with E-state index in [4.69, 9.17) is 17.3 Å². The zero-order chi connectivity index (χ0) is 14.9. The summed E-state index contributed by atoms with van der Waals surface area (Å²) in [4.78, 5) is 0.150. The van der Waals surface area contributed by atoms with Crippen LogP contribution in [0.15, 0.2) is 39.8 Å². The van der Waals surface area contributed by atoms with Crippen molar-refractivity contribution in [3.8, 4) is 0 Å². The largest absolute Gasteiger partial charge is 0.352 e. The van der Waals surface area contributed by atoms with Crippen molar-refractivity contribution >= 4 is 43.2 Å². The van der Waals surface area contributed by atoms with Crippen LogP contribution in [-0.2, 0) is 23.6 Å². The fourth-order valence-corrected chi connectivity index (χ4v) is 3.45. The van der Waals surface area contributed by atoms with Gasteiger partial charge in [0.25, 0.3) is 10.0 Å². The van der Waals surface area contributed by atoms with Crippen LogP contribution in [0.1, 0.15) is 5.69 Å². The SMILES string of the molecule is Cn1cc(S(=O)(=O)Nc2cc(Br)ccc2Cl)cc1CN. The van der Waals surface area contributed by atoms with E-state index in [1.165, 1.54) is 12.3 Å². The van der Waals surface area contributed by atoms with Crippen molar-refractivity contribution in [2.45, 2.75) is 11.4 Å². The Labute approximate surface area is 130 Å². The maximum atomic E-state index is 12.3. The molecule has 0 fully saturated rings. The molecule has 0 amide bonds. The number of aryl methyl sites for hydroxylation is 1. The molecule has 0 aliphatic rings. The van der Waals surface area contributed by atoms with Gasteiger partial charge in [0.2, 0.25) is 0 Å². The zero-order valence-corrected chi connectivity index (χ0v) is 13.8. The van der Waals surface area contributed by atoms with Gasteiger partial charge in [0, 0.05) is 30.0 Å². The van der Waals surface area contributed by atoms with Gasteiger partial charge in [0.1, 0.15) is 4.90 Å². The Morgan fingerprint density at radius 1 is 1.40 bits per heavy atom. The molecule has 0 saturated heterocycles. The standard InChI is InChI=1S/C12H13BrClN3O2S/c1-17-7-10(5-9(17)6-15)20(18,19)16-12-4-8(13)2-3-11(12)14/h2-5,7,16H,6,15H2,1H3. The fraction of sp³-hybridized carbons (Fsp3) is 0.167. The van der Waals surface area contributed by atoms with Gasteiger partial charge in [-0.15, -0.1) is 0 Å². The minimum Gasteiger partial charge on any atom is -0.352 e. The number of anilines is 1. The predicted octanol–water partition coefficient (Wildman–Crippen LogP) is 2.70. The number of nitrogens with two attached hydrogens (primary N) is 1. The third-order valence-corrected chi connectivity index (χ3v) is 4.93. The van der Waals surface area contributed by atoms with Gasteiger partial charge in [0.05, 0.1) is 10.7 Å². The number of halogens is 2. The first-order valence-electron chi connectivity index (χ1n) is 5.66. The lowest BCUT2D eigenvalue weighted by atomic mass is 10.3. The van der Waals surface area contributed by atoms with Crippen molar-refractivity contribution in [2.75, 3.05) is 4.72 Å². The van der Waals surface area contributed by atoms with Crippen LogP contribution in [0.5, 0.6) is 0 Å². The Bertz CT molecular complexity index is 743. The van der Waals surface area contributed by atoms with Crippen LogP contribution in [-0.4, -0.2) is 13.0 Å². The van der Waals surface area contributed by atoms with Gasteiger partial charge in [-0.1, -0.05) is 27.5 Å². The van der Waals surface area contributed by atoms with E-state index in [-0.39, 0.29) is 11.4 Å². The van der Waals surface area contributed by atoms with E-state index in [0.29, 0.717) is 10.7 Å². The number of aromatic nitrogens is 1. The minimum absolute atomic E-state index is 0.150. The number of nitrogens with one attached hydrogen (secondary N) is 1. The molecule has 1 aromatic carbocycles. The van der Waals surface area contributed by atoms with Crippen LogP contribution in [0.2, 0.25) is 5.02 Å². The van der Waals surface area contributed by atoms with Crippen LogP contribution >= 0.6 is 27.5 Å². The van der Waals surface area contributed by atoms with Gasteiger partial charge in [-0.3, -0.25) is 4.72 Å². The monoisotopic (exact) mass is 377 g/mol. The third-order valence-electron chi connectivity index (χ3n) is 2.77. The first-order valence-corrected chi connectivity index (χ1v) is 8.32. The molecule has 2 rings (SSSR count). The summed E-state index contributed by atoms with van der Waals surface area (Å²) in [5.74, 6) is 0. The summed E-state index contributed by atoms with van der Waals surface area (Å²) in [5, 5.41) is 0.326. The second-order valence-electron chi connectivity index (χ2n) is 4.21. The first kappa shape index (κ1) is 15.4. The predicted molar refractivity (Wildman–Crippen MR) is 83.3 cm³/mol.